The molecule has 0 atom stereocenters. The van der Waals surface area contributed by atoms with Crippen molar-refractivity contribution in [3.8, 4) is 0 Å². The third-order valence-electron chi connectivity index (χ3n) is 2.87. The molecule has 0 saturated carbocycles. The summed E-state index contributed by atoms with van der Waals surface area (Å²) in [6.45, 7) is 5.87. The summed E-state index contributed by atoms with van der Waals surface area (Å²) in [4.78, 5) is 0.0803. The van der Waals surface area contributed by atoms with Gasteiger partial charge in [0, 0.05) is 27.4 Å². The van der Waals surface area contributed by atoms with Crippen molar-refractivity contribution in [1.29, 1.82) is 0 Å². The van der Waals surface area contributed by atoms with E-state index in [4.69, 9.17) is 23.2 Å². The molecule has 1 aromatic heterocycles. The van der Waals surface area contributed by atoms with E-state index < -0.39 is 10.0 Å². The highest BCUT2D eigenvalue weighted by Crippen LogP contribution is 2.29. The lowest BCUT2D eigenvalue weighted by atomic mass is 9.93. The Balaban J connectivity index is 2.65. The Labute approximate surface area is 129 Å². The van der Waals surface area contributed by atoms with Crippen molar-refractivity contribution in [2.45, 2.75) is 31.1 Å². The maximum Gasteiger partial charge on any atom is 0.267 e. The summed E-state index contributed by atoms with van der Waals surface area (Å²) in [7, 11) is -3.71. The molecule has 0 spiro atoms. The molecule has 2 rings (SSSR count). The lowest BCUT2D eigenvalue weighted by Crippen LogP contribution is -2.22. The van der Waals surface area contributed by atoms with E-state index in [1.807, 2.05) is 20.8 Å². The van der Waals surface area contributed by atoms with E-state index in [0.29, 0.717) is 15.7 Å². The molecule has 3 nitrogen and oxygen atoms in total. The maximum atomic E-state index is 12.7. The van der Waals surface area contributed by atoms with Gasteiger partial charge in [0.05, 0.1) is 4.90 Å². The van der Waals surface area contributed by atoms with Crippen LogP contribution in [0.3, 0.4) is 0 Å². The molecule has 0 aliphatic carbocycles. The van der Waals surface area contributed by atoms with Crippen molar-refractivity contribution in [2.75, 3.05) is 0 Å². The Morgan fingerprint density at radius 1 is 1.05 bits per heavy atom. The van der Waals surface area contributed by atoms with Crippen molar-refractivity contribution in [1.82, 2.24) is 3.97 Å². The van der Waals surface area contributed by atoms with E-state index in [2.05, 4.69) is 0 Å². The predicted molar refractivity (Wildman–Crippen MR) is 82.2 cm³/mol. The third-order valence-corrected chi connectivity index (χ3v) is 4.98. The zero-order chi connectivity index (χ0) is 15.1. The van der Waals surface area contributed by atoms with Gasteiger partial charge in [-0.15, -0.1) is 0 Å². The summed E-state index contributed by atoms with van der Waals surface area (Å²) in [5.41, 5.74) is 0.410. The van der Waals surface area contributed by atoms with E-state index in [1.54, 1.807) is 12.1 Å². The third kappa shape index (κ3) is 2.87. The number of aromatic nitrogens is 1. The second-order valence-electron chi connectivity index (χ2n) is 5.55. The standard InChI is InChI=1S/C14H15Cl2NO2S/c1-14(2,3)13-5-4-6-17(13)20(18,19)12-8-10(15)7-11(16)9-12/h4-9H,1-3H3. The van der Waals surface area contributed by atoms with Gasteiger partial charge >= 0.3 is 0 Å². The second kappa shape index (κ2) is 5.10. The molecule has 0 aliphatic heterocycles. The number of halogens is 2. The van der Waals surface area contributed by atoms with Crippen molar-refractivity contribution in [2.24, 2.45) is 0 Å². The quantitative estimate of drug-likeness (QED) is 0.821. The van der Waals surface area contributed by atoms with Gasteiger partial charge in [-0.1, -0.05) is 44.0 Å². The van der Waals surface area contributed by atoms with Gasteiger partial charge in [-0.3, -0.25) is 0 Å². The molecule has 2 aromatic rings. The van der Waals surface area contributed by atoms with Gasteiger partial charge in [0.2, 0.25) is 0 Å². The topological polar surface area (TPSA) is 39.1 Å². The van der Waals surface area contributed by atoms with Crippen LogP contribution >= 0.6 is 23.2 Å². The van der Waals surface area contributed by atoms with E-state index in [9.17, 15) is 8.42 Å². The summed E-state index contributed by atoms with van der Waals surface area (Å²) in [5.74, 6) is 0. The first kappa shape index (κ1) is 15.4. The van der Waals surface area contributed by atoms with Crippen LogP contribution in [0, 0.1) is 0 Å². The number of hydrogen-bond donors (Lipinski definition) is 0. The molecule has 0 aliphatic rings. The summed E-state index contributed by atoms with van der Waals surface area (Å²) in [6, 6.07) is 7.81. The van der Waals surface area contributed by atoms with Crippen LogP contribution < -0.4 is 0 Å². The van der Waals surface area contributed by atoms with Crippen LogP contribution in [0.4, 0.5) is 0 Å². The molecule has 1 aromatic carbocycles. The summed E-state index contributed by atoms with van der Waals surface area (Å²) in [6.07, 6.45) is 1.53. The Hall–Kier alpha value is -0.970. The first-order chi connectivity index (χ1) is 9.12. The van der Waals surface area contributed by atoms with Gasteiger partial charge in [-0.2, -0.15) is 0 Å². The Morgan fingerprint density at radius 3 is 2.10 bits per heavy atom. The smallest absolute Gasteiger partial charge is 0.245 e. The van der Waals surface area contributed by atoms with Crippen molar-refractivity contribution < 1.29 is 8.42 Å². The number of hydrogen-bond acceptors (Lipinski definition) is 2. The average molecular weight is 332 g/mol. The summed E-state index contributed by atoms with van der Waals surface area (Å²) >= 11 is 11.8. The van der Waals surface area contributed by atoms with Gasteiger partial charge in [0.15, 0.2) is 0 Å². The van der Waals surface area contributed by atoms with E-state index >= 15 is 0 Å². The Bertz CT molecular complexity index is 723. The highest BCUT2D eigenvalue weighted by atomic mass is 35.5. The van der Waals surface area contributed by atoms with Crippen LogP contribution in [0.1, 0.15) is 26.5 Å². The molecule has 20 heavy (non-hydrogen) atoms. The SMILES string of the molecule is CC(C)(C)c1cccn1S(=O)(=O)c1cc(Cl)cc(Cl)c1. The fraction of sp³-hybridized carbons (Fsp3) is 0.286. The fourth-order valence-corrected chi connectivity index (χ4v) is 4.21. The zero-order valence-corrected chi connectivity index (χ0v) is 13.7. The highest BCUT2D eigenvalue weighted by Gasteiger charge is 2.26. The summed E-state index contributed by atoms with van der Waals surface area (Å²) in [5, 5.41) is 0.584. The molecule has 0 N–H and O–H groups in total. The van der Waals surface area contributed by atoms with E-state index in [0.717, 1.165) is 0 Å². The van der Waals surface area contributed by atoms with Gasteiger partial charge in [-0.05, 0) is 30.3 Å². The van der Waals surface area contributed by atoms with Crippen molar-refractivity contribution in [3.63, 3.8) is 0 Å². The van der Waals surface area contributed by atoms with Crippen LogP contribution in [0.2, 0.25) is 10.0 Å². The predicted octanol–water partition coefficient (Wildman–Crippen LogP) is 4.33. The van der Waals surface area contributed by atoms with Crippen molar-refractivity contribution >= 4 is 33.2 Å². The molecule has 0 unspecified atom stereocenters. The fourth-order valence-electron chi connectivity index (χ4n) is 1.95. The van der Waals surface area contributed by atoms with Gasteiger partial charge in [0.25, 0.3) is 10.0 Å². The molecule has 0 amide bonds. The molecule has 108 valence electrons. The van der Waals surface area contributed by atoms with Gasteiger partial charge < -0.3 is 0 Å². The molecule has 0 bridgehead atoms. The minimum atomic E-state index is -3.71. The molecule has 1 heterocycles. The van der Waals surface area contributed by atoms with Crippen LogP contribution in [-0.2, 0) is 15.4 Å². The summed E-state index contributed by atoms with van der Waals surface area (Å²) < 4.78 is 26.7. The zero-order valence-electron chi connectivity index (χ0n) is 11.4. The molecule has 6 heteroatoms. The van der Waals surface area contributed by atoms with Gasteiger partial charge in [0.1, 0.15) is 0 Å². The number of benzene rings is 1. The maximum absolute atomic E-state index is 12.7. The van der Waals surface area contributed by atoms with E-state index in [-0.39, 0.29) is 10.3 Å². The molecular weight excluding hydrogens is 317 g/mol. The molecule has 0 radical (unpaired) electrons. The van der Waals surface area contributed by atoms with Crippen molar-refractivity contribution in [3.05, 3.63) is 52.3 Å². The second-order valence-corrected chi connectivity index (χ2v) is 8.24. The minimum Gasteiger partial charge on any atom is -0.245 e. The van der Waals surface area contributed by atoms with Crippen LogP contribution in [0.25, 0.3) is 0 Å². The lowest BCUT2D eigenvalue weighted by molar-refractivity contribution is 0.544. The Kier molecular flexibility index (Phi) is 3.93. The molecule has 0 fully saturated rings. The number of rotatable bonds is 2. The monoisotopic (exact) mass is 331 g/mol. The largest absolute Gasteiger partial charge is 0.267 e. The molecular formula is C14H15Cl2NO2S. The van der Waals surface area contributed by atoms with Crippen LogP contribution in [0.15, 0.2) is 41.4 Å². The lowest BCUT2D eigenvalue weighted by Gasteiger charge is -2.21. The Morgan fingerprint density at radius 2 is 1.60 bits per heavy atom. The first-order valence-corrected chi connectivity index (χ1v) is 8.21. The normalized spacial score (nSPS) is 12.7. The van der Waals surface area contributed by atoms with E-state index in [1.165, 1.54) is 28.4 Å². The average Bonchev–Trinajstić information content (AvgIpc) is 2.76. The minimum absolute atomic E-state index is 0.0803. The number of nitrogens with zero attached hydrogens (tertiary/aromatic N) is 1. The van der Waals surface area contributed by atoms with Gasteiger partial charge in [-0.25, -0.2) is 12.4 Å². The van der Waals surface area contributed by atoms with Crippen LogP contribution in [0.5, 0.6) is 0 Å². The van der Waals surface area contributed by atoms with Crippen LogP contribution in [-0.4, -0.2) is 12.4 Å². The molecule has 0 saturated heterocycles. The first-order valence-electron chi connectivity index (χ1n) is 6.02. The highest BCUT2D eigenvalue weighted by molar-refractivity contribution is 7.90.